The van der Waals surface area contributed by atoms with Crippen molar-refractivity contribution in [3.8, 4) is 28.5 Å². The van der Waals surface area contributed by atoms with Gasteiger partial charge in [0.1, 0.15) is 22.8 Å². The molecule has 0 fully saturated rings. The molecular weight excluding hydrogens is 394 g/mol. The summed E-state index contributed by atoms with van der Waals surface area (Å²) in [5.41, 5.74) is 4.58. The lowest BCUT2D eigenvalue weighted by atomic mass is 10.1. The molecule has 160 valence electrons. The Balaban J connectivity index is 1.53. The van der Waals surface area contributed by atoms with Gasteiger partial charge in [-0.1, -0.05) is 0 Å². The number of hydrogen-bond acceptors (Lipinski definition) is 7. The lowest BCUT2D eigenvalue weighted by Crippen LogP contribution is -2.09. The highest BCUT2D eigenvalue weighted by molar-refractivity contribution is 5.82. The van der Waals surface area contributed by atoms with Crippen LogP contribution < -0.4 is 19.5 Å². The predicted octanol–water partition coefficient (Wildman–Crippen LogP) is 3.71. The maximum absolute atomic E-state index is 5.46. The quantitative estimate of drug-likeness (QED) is 0.466. The Morgan fingerprint density at radius 3 is 2.55 bits per heavy atom. The first kappa shape index (κ1) is 20.5. The first-order valence-corrected chi connectivity index (χ1v) is 9.89. The number of anilines is 1. The molecule has 0 aliphatic rings. The maximum atomic E-state index is 5.46. The molecule has 3 aromatic heterocycles. The number of imidazole rings is 1. The average Bonchev–Trinajstić information content (AvgIpc) is 3.13. The van der Waals surface area contributed by atoms with Crippen molar-refractivity contribution in [2.75, 3.05) is 33.2 Å². The summed E-state index contributed by atoms with van der Waals surface area (Å²) < 4.78 is 18.1. The van der Waals surface area contributed by atoms with Gasteiger partial charge < -0.3 is 24.1 Å². The van der Waals surface area contributed by atoms with Crippen molar-refractivity contribution in [1.82, 2.24) is 19.5 Å². The predicted molar refractivity (Wildman–Crippen MR) is 120 cm³/mol. The van der Waals surface area contributed by atoms with Crippen LogP contribution in [0.5, 0.6) is 17.2 Å². The summed E-state index contributed by atoms with van der Waals surface area (Å²) in [5, 5.41) is 3.41. The van der Waals surface area contributed by atoms with Crippen LogP contribution in [0, 0.1) is 0 Å². The number of aromatic nitrogens is 4. The molecule has 4 rings (SSSR count). The van der Waals surface area contributed by atoms with Crippen LogP contribution in [0.1, 0.15) is 5.56 Å². The molecule has 8 heteroatoms. The van der Waals surface area contributed by atoms with Gasteiger partial charge in [0.2, 0.25) is 5.95 Å². The van der Waals surface area contributed by atoms with E-state index < -0.39 is 0 Å². The van der Waals surface area contributed by atoms with E-state index >= 15 is 0 Å². The van der Waals surface area contributed by atoms with Crippen molar-refractivity contribution in [2.24, 2.45) is 7.05 Å². The average molecular weight is 419 g/mol. The molecule has 0 unspecified atom stereocenters. The summed E-state index contributed by atoms with van der Waals surface area (Å²) in [4.78, 5) is 13.4. The van der Waals surface area contributed by atoms with Crippen LogP contribution in [0.3, 0.4) is 0 Å². The highest BCUT2D eigenvalue weighted by atomic mass is 16.5. The third-order valence-corrected chi connectivity index (χ3v) is 5.18. The largest absolute Gasteiger partial charge is 0.497 e. The fourth-order valence-electron chi connectivity index (χ4n) is 3.47. The summed E-state index contributed by atoms with van der Waals surface area (Å²) >= 11 is 0. The molecule has 0 bridgehead atoms. The zero-order valence-electron chi connectivity index (χ0n) is 18.0. The minimum Gasteiger partial charge on any atom is -0.497 e. The van der Waals surface area contributed by atoms with E-state index in [0.29, 0.717) is 12.3 Å². The zero-order chi connectivity index (χ0) is 21.8. The molecule has 0 saturated heterocycles. The second kappa shape index (κ2) is 8.91. The summed E-state index contributed by atoms with van der Waals surface area (Å²) in [6.07, 6.45) is 5.99. The van der Waals surface area contributed by atoms with Crippen molar-refractivity contribution in [3.05, 3.63) is 54.5 Å². The van der Waals surface area contributed by atoms with E-state index in [1.54, 1.807) is 39.9 Å². The second-order valence-electron chi connectivity index (χ2n) is 7.02. The fourth-order valence-corrected chi connectivity index (χ4v) is 3.47. The molecular formula is C23H25N5O3. The number of ether oxygens (including phenoxy) is 3. The Labute approximate surface area is 180 Å². The van der Waals surface area contributed by atoms with Gasteiger partial charge in [0, 0.05) is 25.4 Å². The standard InChI is InChI=1S/C23H25N5O3/c1-28-21-11-19(16-10-18(30-3)13-24-12-16)26-14-20(21)27-23(28)25-8-7-15-9-17(29-2)5-6-22(15)31-4/h5-6,9-14H,7-8H2,1-4H3,(H,25,27). The van der Waals surface area contributed by atoms with Crippen molar-refractivity contribution in [2.45, 2.75) is 6.42 Å². The molecule has 0 spiro atoms. The number of methoxy groups -OCH3 is 3. The van der Waals surface area contributed by atoms with Gasteiger partial charge >= 0.3 is 0 Å². The third kappa shape index (κ3) is 4.23. The minimum absolute atomic E-state index is 0.694. The molecule has 31 heavy (non-hydrogen) atoms. The summed E-state index contributed by atoms with van der Waals surface area (Å²) in [5.74, 6) is 3.12. The smallest absolute Gasteiger partial charge is 0.203 e. The van der Waals surface area contributed by atoms with Crippen LogP contribution in [-0.2, 0) is 13.5 Å². The number of nitrogens with zero attached hydrogens (tertiary/aromatic N) is 4. The first-order valence-electron chi connectivity index (χ1n) is 9.89. The van der Waals surface area contributed by atoms with Gasteiger partial charge in [0.25, 0.3) is 0 Å². The Kier molecular flexibility index (Phi) is 5.88. The highest BCUT2D eigenvalue weighted by Gasteiger charge is 2.11. The van der Waals surface area contributed by atoms with Crippen LogP contribution in [0.25, 0.3) is 22.3 Å². The molecule has 0 amide bonds. The minimum atomic E-state index is 0.694. The van der Waals surface area contributed by atoms with E-state index in [0.717, 1.165) is 51.7 Å². The van der Waals surface area contributed by atoms with E-state index in [4.69, 9.17) is 14.2 Å². The summed E-state index contributed by atoms with van der Waals surface area (Å²) in [6.45, 7) is 0.695. The molecule has 3 heterocycles. The molecule has 0 aliphatic carbocycles. The van der Waals surface area contributed by atoms with Crippen LogP contribution >= 0.6 is 0 Å². The van der Waals surface area contributed by atoms with Crippen LogP contribution in [-0.4, -0.2) is 47.4 Å². The molecule has 1 aromatic carbocycles. The Morgan fingerprint density at radius 1 is 0.935 bits per heavy atom. The molecule has 0 aliphatic heterocycles. The molecule has 0 atom stereocenters. The van der Waals surface area contributed by atoms with Crippen molar-refractivity contribution >= 4 is 17.0 Å². The molecule has 8 nitrogen and oxygen atoms in total. The third-order valence-electron chi connectivity index (χ3n) is 5.18. The SMILES string of the molecule is COc1cncc(-c2cc3c(cn2)nc(NCCc2cc(OC)ccc2OC)n3C)c1. The Morgan fingerprint density at radius 2 is 1.77 bits per heavy atom. The van der Waals surface area contributed by atoms with Crippen molar-refractivity contribution in [1.29, 1.82) is 0 Å². The van der Waals surface area contributed by atoms with Gasteiger partial charge in [0.15, 0.2) is 0 Å². The summed E-state index contributed by atoms with van der Waals surface area (Å²) in [6, 6.07) is 9.73. The van der Waals surface area contributed by atoms with Gasteiger partial charge in [-0.15, -0.1) is 0 Å². The van der Waals surface area contributed by atoms with Gasteiger partial charge in [-0.2, -0.15) is 0 Å². The van der Waals surface area contributed by atoms with E-state index in [2.05, 4.69) is 20.3 Å². The molecule has 4 aromatic rings. The molecule has 0 saturated carbocycles. The van der Waals surface area contributed by atoms with Gasteiger partial charge in [-0.25, -0.2) is 4.98 Å². The van der Waals surface area contributed by atoms with E-state index in [-0.39, 0.29) is 0 Å². The number of rotatable bonds is 8. The van der Waals surface area contributed by atoms with E-state index in [1.807, 2.05) is 41.9 Å². The number of fused-ring (bicyclic) bond motifs is 1. The fraction of sp³-hybridized carbons (Fsp3) is 0.261. The van der Waals surface area contributed by atoms with E-state index in [1.165, 1.54) is 0 Å². The van der Waals surface area contributed by atoms with Gasteiger partial charge in [-0.3, -0.25) is 9.97 Å². The van der Waals surface area contributed by atoms with Crippen molar-refractivity contribution in [3.63, 3.8) is 0 Å². The molecule has 1 N–H and O–H groups in total. The second-order valence-corrected chi connectivity index (χ2v) is 7.02. The number of benzene rings is 1. The number of hydrogen-bond donors (Lipinski definition) is 1. The number of pyridine rings is 2. The van der Waals surface area contributed by atoms with Gasteiger partial charge in [0.05, 0.1) is 44.9 Å². The number of nitrogens with one attached hydrogen (secondary N) is 1. The Hall–Kier alpha value is -3.81. The molecule has 0 radical (unpaired) electrons. The monoisotopic (exact) mass is 419 g/mol. The normalized spacial score (nSPS) is 10.8. The zero-order valence-corrected chi connectivity index (χ0v) is 18.0. The van der Waals surface area contributed by atoms with Crippen LogP contribution in [0.4, 0.5) is 5.95 Å². The summed E-state index contributed by atoms with van der Waals surface area (Å²) in [7, 11) is 6.94. The number of aryl methyl sites for hydroxylation is 1. The van der Waals surface area contributed by atoms with E-state index in [9.17, 15) is 0 Å². The van der Waals surface area contributed by atoms with Crippen LogP contribution in [0.2, 0.25) is 0 Å². The lowest BCUT2D eigenvalue weighted by Gasteiger charge is -2.11. The van der Waals surface area contributed by atoms with Gasteiger partial charge in [-0.05, 0) is 42.3 Å². The maximum Gasteiger partial charge on any atom is 0.203 e. The Bertz CT molecular complexity index is 1210. The lowest BCUT2D eigenvalue weighted by molar-refractivity contribution is 0.399. The topological polar surface area (TPSA) is 83.3 Å². The first-order chi connectivity index (χ1) is 15.1. The highest BCUT2D eigenvalue weighted by Crippen LogP contribution is 2.27. The van der Waals surface area contributed by atoms with Crippen LogP contribution in [0.15, 0.2) is 48.9 Å². The van der Waals surface area contributed by atoms with Crippen molar-refractivity contribution < 1.29 is 14.2 Å².